The van der Waals surface area contributed by atoms with E-state index in [0.717, 1.165) is 27.6 Å². The minimum absolute atomic E-state index is 0.151. The maximum absolute atomic E-state index is 6.18. The van der Waals surface area contributed by atoms with Gasteiger partial charge in [0.2, 0.25) is 11.9 Å². The highest BCUT2D eigenvalue weighted by atomic mass is 35.5. The maximum Gasteiger partial charge on any atom is 0.218 e. The van der Waals surface area contributed by atoms with Crippen molar-refractivity contribution in [2.24, 2.45) is 21.5 Å². The lowest BCUT2D eigenvalue weighted by Crippen LogP contribution is -2.45. The summed E-state index contributed by atoms with van der Waals surface area (Å²) >= 11 is 7.86. The van der Waals surface area contributed by atoms with Crippen molar-refractivity contribution in [2.75, 3.05) is 11.6 Å². The van der Waals surface area contributed by atoms with Crippen molar-refractivity contribution in [3.05, 3.63) is 47.5 Å². The van der Waals surface area contributed by atoms with Crippen molar-refractivity contribution in [3.63, 3.8) is 0 Å². The van der Waals surface area contributed by atoms with Crippen LogP contribution in [0.3, 0.4) is 0 Å². The quantitative estimate of drug-likeness (QED) is 0.565. The lowest BCUT2D eigenvalue weighted by atomic mass is 10.2. The third kappa shape index (κ3) is 4.00. The highest BCUT2D eigenvalue weighted by molar-refractivity contribution is 7.99. The Morgan fingerprint density at radius 2 is 1.92 bits per heavy atom. The molecule has 3 rings (SSSR count). The Morgan fingerprint density at radius 1 is 1.16 bits per heavy atom. The topological polar surface area (TPSA) is 92.0 Å². The molecule has 0 unspecified atom stereocenters. The summed E-state index contributed by atoms with van der Waals surface area (Å²) in [7, 11) is 0. The summed E-state index contributed by atoms with van der Waals surface area (Å²) in [6.07, 6.45) is 0.895. The van der Waals surface area contributed by atoms with Crippen LogP contribution in [-0.2, 0) is 0 Å². The first-order chi connectivity index (χ1) is 12.1. The van der Waals surface area contributed by atoms with Gasteiger partial charge in [-0.1, -0.05) is 42.4 Å². The molecule has 6 nitrogen and oxygen atoms in total. The molecule has 5 N–H and O–H groups in total. The second-order valence-corrected chi connectivity index (χ2v) is 6.89. The van der Waals surface area contributed by atoms with E-state index in [-0.39, 0.29) is 11.9 Å². The minimum atomic E-state index is 0.151. The Kier molecular flexibility index (Phi) is 5.35. The molecular weight excluding hydrogens is 356 g/mol. The molecule has 0 aliphatic carbocycles. The average Bonchev–Trinajstić information content (AvgIpc) is 2.60. The molecule has 130 valence electrons. The van der Waals surface area contributed by atoms with Gasteiger partial charge >= 0.3 is 0 Å². The largest absolute Gasteiger partial charge is 0.368 e. The van der Waals surface area contributed by atoms with Gasteiger partial charge in [0, 0.05) is 21.4 Å². The van der Waals surface area contributed by atoms with Crippen LogP contribution >= 0.6 is 23.4 Å². The summed E-state index contributed by atoms with van der Waals surface area (Å²) in [6.45, 7) is 2.63. The standard InChI is InChI=1S/C17H19ClN6S/c1-2-9-21-16(19)22-17(20)23-24-12-5-3-4-6-14(12)25-15-8-7-11(18)10-13(15)24/h3-8,10H,2,9H2,1H3,(H5,19,20,21,22,23). The van der Waals surface area contributed by atoms with Crippen LogP contribution < -0.4 is 21.9 Å². The lowest BCUT2D eigenvalue weighted by Gasteiger charge is -2.32. The van der Waals surface area contributed by atoms with Gasteiger partial charge in [0.1, 0.15) is 0 Å². The number of fused-ring (bicyclic) bond motifs is 2. The number of para-hydroxylation sites is 1. The molecule has 1 aliphatic heterocycles. The van der Waals surface area contributed by atoms with Crippen LogP contribution in [-0.4, -0.2) is 18.5 Å². The van der Waals surface area contributed by atoms with Crippen LogP contribution in [0.15, 0.2) is 62.2 Å². The molecule has 1 heterocycles. The van der Waals surface area contributed by atoms with Gasteiger partial charge in [0.15, 0.2) is 0 Å². The summed E-state index contributed by atoms with van der Waals surface area (Å²) in [5, 5.41) is 2.50. The average molecular weight is 375 g/mol. The van der Waals surface area contributed by atoms with E-state index in [9.17, 15) is 0 Å². The second-order valence-electron chi connectivity index (χ2n) is 5.37. The maximum atomic E-state index is 6.18. The molecule has 25 heavy (non-hydrogen) atoms. The van der Waals surface area contributed by atoms with E-state index in [1.54, 1.807) is 11.8 Å². The van der Waals surface area contributed by atoms with Crippen LogP contribution in [0, 0.1) is 0 Å². The van der Waals surface area contributed by atoms with Crippen LogP contribution in [0.1, 0.15) is 13.3 Å². The molecule has 1 aliphatic rings. The van der Waals surface area contributed by atoms with Gasteiger partial charge in [0.25, 0.3) is 0 Å². The zero-order valence-electron chi connectivity index (χ0n) is 13.7. The SMILES string of the molecule is CCCN=C(N)/N=C(\N)NN1c2ccccc2Sc2ccc(Cl)cc21. The monoisotopic (exact) mass is 374 g/mol. The summed E-state index contributed by atoms with van der Waals surface area (Å²) in [6, 6.07) is 13.8. The van der Waals surface area contributed by atoms with E-state index in [2.05, 4.69) is 21.5 Å². The first kappa shape index (κ1) is 17.4. The van der Waals surface area contributed by atoms with Gasteiger partial charge in [-0.2, -0.15) is 4.99 Å². The first-order valence-corrected chi connectivity index (χ1v) is 9.05. The smallest absolute Gasteiger partial charge is 0.218 e. The Labute approximate surface area is 155 Å². The fourth-order valence-electron chi connectivity index (χ4n) is 2.37. The van der Waals surface area contributed by atoms with Crippen molar-refractivity contribution < 1.29 is 0 Å². The van der Waals surface area contributed by atoms with E-state index >= 15 is 0 Å². The normalized spacial score (nSPS) is 14.1. The van der Waals surface area contributed by atoms with Gasteiger partial charge in [-0.05, 0) is 36.8 Å². The van der Waals surface area contributed by atoms with Gasteiger partial charge in [-0.25, -0.2) is 0 Å². The highest BCUT2D eigenvalue weighted by Gasteiger charge is 2.24. The first-order valence-electron chi connectivity index (χ1n) is 7.85. The minimum Gasteiger partial charge on any atom is -0.368 e. The number of guanidine groups is 2. The number of aliphatic imine (C=N–C) groups is 2. The Hall–Kier alpha value is -2.38. The predicted molar refractivity (Wildman–Crippen MR) is 106 cm³/mol. The highest BCUT2D eigenvalue weighted by Crippen LogP contribution is 2.47. The molecule has 0 spiro atoms. The number of benzene rings is 2. The van der Waals surface area contributed by atoms with Crippen molar-refractivity contribution in [3.8, 4) is 0 Å². The third-order valence-electron chi connectivity index (χ3n) is 3.45. The Balaban J connectivity index is 1.95. The number of nitrogens with two attached hydrogens (primary N) is 2. The molecule has 8 heteroatoms. The molecule has 2 aromatic carbocycles. The summed E-state index contributed by atoms with van der Waals surface area (Å²) in [5.74, 6) is 0.308. The van der Waals surface area contributed by atoms with E-state index in [4.69, 9.17) is 23.1 Å². The molecule has 0 saturated carbocycles. The fraction of sp³-hybridized carbons (Fsp3) is 0.176. The van der Waals surface area contributed by atoms with Crippen LogP contribution in [0.25, 0.3) is 0 Å². The number of anilines is 2. The van der Waals surface area contributed by atoms with Crippen molar-refractivity contribution in [1.29, 1.82) is 0 Å². The number of hydrazine groups is 1. The van der Waals surface area contributed by atoms with Crippen molar-refractivity contribution >= 4 is 46.7 Å². The lowest BCUT2D eigenvalue weighted by molar-refractivity contribution is 0.887. The van der Waals surface area contributed by atoms with E-state index in [1.165, 1.54) is 0 Å². The molecule has 0 amide bonds. The number of hydrogen-bond acceptors (Lipinski definition) is 3. The summed E-state index contributed by atoms with van der Waals surface area (Å²) in [4.78, 5) is 10.4. The Morgan fingerprint density at radius 3 is 2.72 bits per heavy atom. The van der Waals surface area contributed by atoms with Gasteiger partial charge in [-0.3, -0.25) is 15.4 Å². The van der Waals surface area contributed by atoms with Crippen molar-refractivity contribution in [1.82, 2.24) is 5.43 Å². The van der Waals surface area contributed by atoms with Crippen LogP contribution in [0.5, 0.6) is 0 Å². The predicted octanol–water partition coefficient (Wildman–Crippen LogP) is 3.49. The Bertz CT molecular complexity index is 836. The number of rotatable bonds is 3. The van der Waals surface area contributed by atoms with Gasteiger partial charge in [-0.15, -0.1) is 0 Å². The molecular formula is C17H19ClN6S. The number of halogens is 1. The van der Waals surface area contributed by atoms with E-state index < -0.39 is 0 Å². The van der Waals surface area contributed by atoms with Crippen molar-refractivity contribution in [2.45, 2.75) is 23.1 Å². The van der Waals surface area contributed by atoms with E-state index in [1.807, 2.05) is 48.3 Å². The van der Waals surface area contributed by atoms with Gasteiger partial charge < -0.3 is 11.5 Å². The molecule has 0 saturated heterocycles. The fourth-order valence-corrected chi connectivity index (χ4v) is 3.58. The molecule has 0 aromatic heterocycles. The molecule has 0 atom stereocenters. The second kappa shape index (κ2) is 7.67. The van der Waals surface area contributed by atoms with Crippen LogP contribution in [0.2, 0.25) is 5.02 Å². The summed E-state index contributed by atoms with van der Waals surface area (Å²) in [5.41, 5.74) is 16.8. The third-order valence-corrected chi connectivity index (χ3v) is 4.81. The molecule has 0 bridgehead atoms. The molecule has 2 aromatic rings. The zero-order chi connectivity index (χ0) is 17.8. The number of nitrogens with one attached hydrogen (secondary N) is 1. The number of nitrogens with zero attached hydrogens (tertiary/aromatic N) is 3. The number of hydrogen-bond donors (Lipinski definition) is 3. The molecule has 0 radical (unpaired) electrons. The molecule has 0 fully saturated rings. The van der Waals surface area contributed by atoms with E-state index in [0.29, 0.717) is 11.6 Å². The zero-order valence-corrected chi connectivity index (χ0v) is 15.3. The van der Waals surface area contributed by atoms with Gasteiger partial charge in [0.05, 0.1) is 11.4 Å². The summed E-state index contributed by atoms with van der Waals surface area (Å²) < 4.78 is 0. The van der Waals surface area contributed by atoms with Crippen LogP contribution in [0.4, 0.5) is 11.4 Å².